The van der Waals surface area contributed by atoms with Gasteiger partial charge < -0.3 is 14.6 Å². The second-order valence-electron chi connectivity index (χ2n) is 5.14. The Morgan fingerprint density at radius 1 is 1.08 bits per heavy atom. The van der Waals surface area contributed by atoms with Crippen molar-refractivity contribution in [2.75, 3.05) is 13.1 Å². The van der Waals surface area contributed by atoms with Crippen LogP contribution in [0.1, 0.15) is 30.0 Å². The van der Waals surface area contributed by atoms with Crippen LogP contribution in [0, 0.1) is 0 Å². The first kappa shape index (κ1) is 19.5. The highest BCUT2D eigenvalue weighted by atomic mass is 79.9. The van der Waals surface area contributed by atoms with E-state index in [4.69, 9.17) is 4.42 Å². The molecule has 7 heteroatoms. The van der Waals surface area contributed by atoms with Gasteiger partial charge in [-0.3, -0.25) is 9.59 Å². The lowest BCUT2D eigenvalue weighted by atomic mass is 10.1. The third kappa shape index (κ3) is 5.31. The highest BCUT2D eigenvalue weighted by molar-refractivity contribution is 9.10. The highest BCUT2D eigenvalue weighted by Crippen LogP contribution is 2.16. The molecule has 1 aromatic heterocycles. The Hall–Kier alpha value is -1.86. The fourth-order valence-electron chi connectivity index (χ4n) is 2.18. The molecule has 2 aromatic rings. The third-order valence-electron chi connectivity index (χ3n) is 3.51. The van der Waals surface area contributed by atoms with E-state index in [1.165, 1.54) is 0 Å². The van der Waals surface area contributed by atoms with E-state index >= 15 is 0 Å². The predicted octanol–water partition coefficient (Wildman–Crippen LogP) is 4.44. The standard InChI is InChI=1S/C18H18Br2N2O3/c1-3-22(4-2)18(24)14(11-12-5-7-13(19)8-6-12)21-17(23)15-9-10-16(20)25-15/h5-11H,3-4H2,1-2H3,(H,21,23). The Morgan fingerprint density at radius 3 is 2.24 bits per heavy atom. The second-order valence-corrected chi connectivity index (χ2v) is 6.84. The molecule has 0 fully saturated rings. The molecule has 0 aliphatic rings. The molecular weight excluding hydrogens is 452 g/mol. The first-order chi connectivity index (χ1) is 11.9. The lowest BCUT2D eigenvalue weighted by molar-refractivity contribution is -0.127. The molecule has 0 bridgehead atoms. The summed E-state index contributed by atoms with van der Waals surface area (Å²) in [5, 5.41) is 2.66. The van der Waals surface area contributed by atoms with Gasteiger partial charge in [0, 0.05) is 17.6 Å². The van der Waals surface area contributed by atoms with Crippen LogP contribution >= 0.6 is 31.9 Å². The number of hydrogen-bond acceptors (Lipinski definition) is 3. The van der Waals surface area contributed by atoms with E-state index in [9.17, 15) is 9.59 Å². The van der Waals surface area contributed by atoms with Gasteiger partial charge in [-0.05, 0) is 65.7 Å². The van der Waals surface area contributed by atoms with E-state index in [2.05, 4.69) is 37.2 Å². The molecule has 0 radical (unpaired) electrons. The molecule has 2 rings (SSSR count). The van der Waals surface area contributed by atoms with Gasteiger partial charge in [0.25, 0.3) is 11.8 Å². The highest BCUT2D eigenvalue weighted by Gasteiger charge is 2.20. The smallest absolute Gasteiger partial charge is 0.291 e. The van der Waals surface area contributed by atoms with Crippen molar-refractivity contribution < 1.29 is 14.0 Å². The van der Waals surface area contributed by atoms with Crippen molar-refractivity contribution in [2.24, 2.45) is 0 Å². The molecule has 1 N–H and O–H groups in total. The number of benzene rings is 1. The summed E-state index contributed by atoms with van der Waals surface area (Å²) >= 11 is 6.54. The molecule has 0 saturated heterocycles. The number of halogens is 2. The molecule has 132 valence electrons. The largest absolute Gasteiger partial charge is 0.444 e. The number of carbonyl (C=O) groups is 2. The van der Waals surface area contributed by atoms with E-state index < -0.39 is 5.91 Å². The summed E-state index contributed by atoms with van der Waals surface area (Å²) in [6.07, 6.45) is 1.66. The summed E-state index contributed by atoms with van der Waals surface area (Å²) < 4.78 is 6.64. The minimum absolute atomic E-state index is 0.126. The van der Waals surface area contributed by atoms with Gasteiger partial charge in [-0.25, -0.2) is 0 Å². The maximum atomic E-state index is 12.7. The zero-order chi connectivity index (χ0) is 18.4. The summed E-state index contributed by atoms with van der Waals surface area (Å²) in [4.78, 5) is 26.8. The number of likely N-dealkylation sites (N-methyl/N-ethyl adjacent to an activating group) is 1. The van der Waals surface area contributed by atoms with Gasteiger partial charge in [-0.2, -0.15) is 0 Å². The molecule has 0 aliphatic carbocycles. The van der Waals surface area contributed by atoms with Crippen LogP contribution in [0.4, 0.5) is 0 Å². The molecule has 1 aromatic carbocycles. The molecule has 0 aliphatic heterocycles. The van der Waals surface area contributed by atoms with Crippen molar-refractivity contribution in [2.45, 2.75) is 13.8 Å². The molecule has 0 saturated carbocycles. The average Bonchev–Trinajstić information content (AvgIpc) is 3.03. The van der Waals surface area contributed by atoms with Crippen LogP contribution in [0.2, 0.25) is 0 Å². The third-order valence-corrected chi connectivity index (χ3v) is 4.46. The fraction of sp³-hybridized carbons (Fsp3) is 0.222. The monoisotopic (exact) mass is 468 g/mol. The van der Waals surface area contributed by atoms with Gasteiger partial charge in [0.15, 0.2) is 10.4 Å². The Morgan fingerprint density at radius 2 is 1.72 bits per heavy atom. The molecule has 0 atom stereocenters. The molecule has 2 amide bonds. The maximum absolute atomic E-state index is 12.7. The van der Waals surface area contributed by atoms with Crippen LogP contribution < -0.4 is 5.32 Å². The van der Waals surface area contributed by atoms with Crippen molar-refractivity contribution in [3.8, 4) is 0 Å². The van der Waals surface area contributed by atoms with Crippen LogP contribution in [0.15, 0.2) is 55.7 Å². The van der Waals surface area contributed by atoms with E-state index in [-0.39, 0.29) is 17.4 Å². The summed E-state index contributed by atoms with van der Waals surface area (Å²) in [7, 11) is 0. The number of nitrogens with one attached hydrogen (secondary N) is 1. The second kappa shape index (κ2) is 9.01. The molecular formula is C18H18Br2N2O3. The summed E-state index contributed by atoms with van der Waals surface area (Å²) in [6, 6.07) is 10.6. The zero-order valence-corrected chi connectivity index (χ0v) is 17.1. The predicted molar refractivity (Wildman–Crippen MR) is 104 cm³/mol. The quantitative estimate of drug-likeness (QED) is 0.636. The van der Waals surface area contributed by atoms with Gasteiger partial charge in [-0.1, -0.05) is 28.1 Å². The minimum Gasteiger partial charge on any atom is -0.444 e. The van der Waals surface area contributed by atoms with Gasteiger partial charge in [0.2, 0.25) is 0 Å². The number of carbonyl (C=O) groups excluding carboxylic acids is 2. The summed E-state index contributed by atoms with van der Waals surface area (Å²) in [5.74, 6) is -0.595. The molecule has 0 unspecified atom stereocenters. The van der Waals surface area contributed by atoms with Gasteiger partial charge in [0.1, 0.15) is 5.70 Å². The first-order valence-electron chi connectivity index (χ1n) is 7.77. The van der Waals surface area contributed by atoms with Gasteiger partial charge in [0.05, 0.1) is 0 Å². The SMILES string of the molecule is CCN(CC)C(=O)C(=Cc1ccc(Br)cc1)NC(=O)c1ccc(Br)o1. The Balaban J connectivity index is 2.32. The van der Waals surface area contributed by atoms with Crippen LogP contribution in [0.5, 0.6) is 0 Å². The number of hydrogen-bond donors (Lipinski definition) is 1. The molecule has 0 spiro atoms. The number of amides is 2. The van der Waals surface area contributed by atoms with Crippen molar-refractivity contribution in [3.05, 3.63) is 62.6 Å². The van der Waals surface area contributed by atoms with Crippen molar-refractivity contribution in [3.63, 3.8) is 0 Å². The average molecular weight is 470 g/mol. The number of furan rings is 1. The van der Waals surface area contributed by atoms with Crippen molar-refractivity contribution >= 4 is 49.8 Å². The minimum atomic E-state index is -0.477. The Labute approximate surface area is 163 Å². The number of rotatable bonds is 6. The lowest BCUT2D eigenvalue weighted by Gasteiger charge is -2.20. The van der Waals surface area contributed by atoms with Crippen LogP contribution in [0.3, 0.4) is 0 Å². The lowest BCUT2D eigenvalue weighted by Crippen LogP contribution is -2.38. The molecule has 1 heterocycles. The number of nitrogens with zero attached hydrogens (tertiary/aromatic N) is 1. The van der Waals surface area contributed by atoms with E-state index in [1.807, 2.05) is 38.1 Å². The summed E-state index contributed by atoms with van der Waals surface area (Å²) in [6.45, 7) is 4.89. The molecule has 25 heavy (non-hydrogen) atoms. The topological polar surface area (TPSA) is 62.6 Å². The van der Waals surface area contributed by atoms with Crippen molar-refractivity contribution in [1.82, 2.24) is 10.2 Å². The van der Waals surface area contributed by atoms with Gasteiger partial charge in [-0.15, -0.1) is 0 Å². The maximum Gasteiger partial charge on any atom is 0.291 e. The van der Waals surface area contributed by atoms with Crippen LogP contribution in [-0.4, -0.2) is 29.8 Å². The fourth-order valence-corrected chi connectivity index (χ4v) is 2.75. The van der Waals surface area contributed by atoms with Crippen molar-refractivity contribution in [1.29, 1.82) is 0 Å². The zero-order valence-electron chi connectivity index (χ0n) is 13.9. The normalized spacial score (nSPS) is 11.3. The first-order valence-corrected chi connectivity index (χ1v) is 9.36. The van der Waals surface area contributed by atoms with Crippen LogP contribution in [-0.2, 0) is 4.79 Å². The Bertz CT molecular complexity index is 778. The van der Waals surface area contributed by atoms with E-state index in [0.717, 1.165) is 10.0 Å². The Kier molecular flexibility index (Phi) is 7.01. The van der Waals surface area contributed by atoms with E-state index in [1.54, 1.807) is 23.1 Å². The molecule has 5 nitrogen and oxygen atoms in total. The van der Waals surface area contributed by atoms with E-state index in [0.29, 0.717) is 17.8 Å². The summed E-state index contributed by atoms with van der Waals surface area (Å²) in [5.41, 5.74) is 1.00. The van der Waals surface area contributed by atoms with Gasteiger partial charge >= 0.3 is 0 Å². The van der Waals surface area contributed by atoms with Crippen LogP contribution in [0.25, 0.3) is 6.08 Å².